The smallest absolute Gasteiger partial charge is 0.274 e. The number of hydrogen-bond acceptors (Lipinski definition) is 6. The van der Waals surface area contributed by atoms with Gasteiger partial charge in [0.25, 0.3) is 5.91 Å². The van der Waals surface area contributed by atoms with E-state index in [1.54, 1.807) is 6.07 Å². The lowest BCUT2D eigenvalue weighted by atomic mass is 9.88. The maximum absolute atomic E-state index is 13.2. The fourth-order valence-corrected chi connectivity index (χ4v) is 7.22. The van der Waals surface area contributed by atoms with Crippen LogP contribution in [0, 0.1) is 0 Å². The second kappa shape index (κ2) is 10.4. The number of carbonyl (C=O) groups excluding carboxylic acids is 1. The number of aromatic nitrogens is 1. The van der Waals surface area contributed by atoms with Crippen molar-refractivity contribution in [2.75, 3.05) is 10.2 Å². The zero-order valence-electron chi connectivity index (χ0n) is 21.3. The minimum atomic E-state index is -1.13. The molecule has 1 amide bonds. The summed E-state index contributed by atoms with van der Waals surface area (Å²) in [4.78, 5) is 36.7. The summed E-state index contributed by atoms with van der Waals surface area (Å²) in [7, 11) is 0. The molecule has 1 aliphatic carbocycles. The van der Waals surface area contributed by atoms with E-state index < -0.39 is 12.1 Å². The number of H-pyrrole nitrogens is 1. The molecule has 196 valence electrons. The van der Waals surface area contributed by atoms with E-state index in [2.05, 4.69) is 20.2 Å². The molecule has 0 radical (unpaired) electrons. The molecule has 4 aliphatic rings. The van der Waals surface area contributed by atoms with E-state index in [1.807, 2.05) is 29.2 Å². The quantitative estimate of drug-likeness (QED) is 0.577. The molecule has 0 spiro atoms. The van der Waals surface area contributed by atoms with E-state index in [0.717, 1.165) is 18.5 Å². The third-order valence-electron chi connectivity index (χ3n) is 8.84. The third-order valence-corrected chi connectivity index (χ3v) is 8.84. The van der Waals surface area contributed by atoms with Gasteiger partial charge < -0.3 is 20.3 Å². The molecule has 6 rings (SSSR count). The molecule has 37 heavy (non-hydrogen) atoms. The molecule has 3 aliphatic heterocycles. The zero-order chi connectivity index (χ0) is 25.4. The van der Waals surface area contributed by atoms with Gasteiger partial charge in [0, 0.05) is 36.4 Å². The lowest BCUT2D eigenvalue weighted by Gasteiger charge is -2.49. The van der Waals surface area contributed by atoms with Gasteiger partial charge in [-0.3, -0.25) is 14.5 Å². The molecule has 1 aromatic carbocycles. The number of nitrogens with one attached hydrogen (secondary N) is 2. The predicted octanol–water partition coefficient (Wildman–Crippen LogP) is 4.33. The van der Waals surface area contributed by atoms with E-state index in [-0.39, 0.29) is 17.3 Å². The summed E-state index contributed by atoms with van der Waals surface area (Å²) in [6, 6.07) is 12.6. The molecule has 8 nitrogen and oxygen atoms in total. The van der Waals surface area contributed by atoms with Gasteiger partial charge in [0.1, 0.15) is 0 Å². The first kappa shape index (κ1) is 24.4. The molecule has 8 heteroatoms. The van der Waals surface area contributed by atoms with Crippen LogP contribution in [-0.4, -0.2) is 57.0 Å². The van der Waals surface area contributed by atoms with Gasteiger partial charge in [-0.2, -0.15) is 0 Å². The SMILES string of the molecule is O=C(Nc1ccc(=O)[nH]c1)C1=Nc2ccccc2N([C@H]2CC3CC[C@@H](C2)N3C2CCCCCCC2)C1O. The number of anilines is 2. The van der Waals surface area contributed by atoms with Crippen LogP contribution in [0.15, 0.2) is 52.4 Å². The number of aliphatic hydroxyl groups excluding tert-OH is 1. The molecule has 3 N–H and O–H groups in total. The predicted molar refractivity (Wildman–Crippen MR) is 145 cm³/mol. The van der Waals surface area contributed by atoms with Crippen molar-refractivity contribution in [2.45, 2.75) is 101 Å². The lowest BCUT2D eigenvalue weighted by molar-refractivity contribution is -0.110. The third kappa shape index (κ3) is 4.84. The van der Waals surface area contributed by atoms with Crippen LogP contribution in [0.1, 0.15) is 70.6 Å². The van der Waals surface area contributed by atoms with Crippen molar-refractivity contribution in [3.05, 3.63) is 52.9 Å². The van der Waals surface area contributed by atoms with Gasteiger partial charge in [0.05, 0.1) is 17.1 Å². The summed E-state index contributed by atoms with van der Waals surface area (Å²) in [5.41, 5.74) is 1.89. The Bertz CT molecular complexity index is 1180. The van der Waals surface area contributed by atoms with Crippen LogP contribution in [0.25, 0.3) is 0 Å². The largest absolute Gasteiger partial charge is 0.368 e. The van der Waals surface area contributed by atoms with E-state index >= 15 is 0 Å². The Morgan fingerprint density at radius 2 is 1.59 bits per heavy atom. The van der Waals surface area contributed by atoms with Crippen LogP contribution in [0.5, 0.6) is 0 Å². The minimum absolute atomic E-state index is 0.0831. The number of aromatic amines is 1. The average molecular weight is 504 g/mol. The summed E-state index contributed by atoms with van der Waals surface area (Å²) >= 11 is 0. The number of rotatable bonds is 4. The van der Waals surface area contributed by atoms with Gasteiger partial charge in [0.15, 0.2) is 11.9 Å². The van der Waals surface area contributed by atoms with Crippen molar-refractivity contribution in [1.82, 2.24) is 9.88 Å². The summed E-state index contributed by atoms with van der Waals surface area (Å²) in [5, 5.41) is 14.3. The number of fused-ring (bicyclic) bond motifs is 3. The maximum atomic E-state index is 13.2. The van der Waals surface area contributed by atoms with Crippen LogP contribution in [0.2, 0.25) is 0 Å². The average Bonchev–Trinajstić information content (AvgIpc) is 3.13. The molecule has 4 atom stereocenters. The number of carbonyl (C=O) groups is 1. The highest BCUT2D eigenvalue weighted by Crippen LogP contribution is 2.45. The minimum Gasteiger partial charge on any atom is -0.368 e. The highest BCUT2D eigenvalue weighted by molar-refractivity contribution is 6.45. The van der Waals surface area contributed by atoms with E-state index in [4.69, 9.17) is 0 Å². The van der Waals surface area contributed by atoms with Gasteiger partial charge in [-0.15, -0.1) is 0 Å². The number of aliphatic imine (C=N–C) groups is 1. The first-order chi connectivity index (χ1) is 18.1. The van der Waals surface area contributed by atoms with E-state index in [1.165, 1.54) is 70.1 Å². The Hall–Kier alpha value is -2.97. The van der Waals surface area contributed by atoms with Crippen molar-refractivity contribution < 1.29 is 9.90 Å². The van der Waals surface area contributed by atoms with Crippen molar-refractivity contribution in [3.63, 3.8) is 0 Å². The summed E-state index contributed by atoms with van der Waals surface area (Å²) in [6.45, 7) is 0. The number of amides is 1. The van der Waals surface area contributed by atoms with Gasteiger partial charge in [-0.1, -0.05) is 44.2 Å². The molecule has 2 unspecified atom stereocenters. The Morgan fingerprint density at radius 3 is 2.30 bits per heavy atom. The number of para-hydroxylation sites is 2. The molecule has 2 bridgehead atoms. The first-order valence-electron chi connectivity index (χ1n) is 14.0. The second-order valence-electron chi connectivity index (χ2n) is 11.1. The van der Waals surface area contributed by atoms with Gasteiger partial charge in [0.2, 0.25) is 5.56 Å². The van der Waals surface area contributed by atoms with E-state index in [9.17, 15) is 14.7 Å². The monoisotopic (exact) mass is 503 g/mol. The fraction of sp³-hybridized carbons (Fsp3) is 0.552. The molecule has 1 aromatic heterocycles. The summed E-state index contributed by atoms with van der Waals surface area (Å²) in [6.07, 6.45) is 14.2. The van der Waals surface area contributed by atoms with Gasteiger partial charge in [-0.05, 0) is 56.7 Å². The van der Waals surface area contributed by atoms with Crippen LogP contribution in [0.4, 0.5) is 17.1 Å². The van der Waals surface area contributed by atoms with Crippen LogP contribution >= 0.6 is 0 Å². The van der Waals surface area contributed by atoms with Gasteiger partial charge in [-0.25, -0.2) is 4.99 Å². The second-order valence-corrected chi connectivity index (χ2v) is 11.1. The number of nitrogens with zero attached hydrogens (tertiary/aromatic N) is 3. The van der Waals surface area contributed by atoms with Crippen LogP contribution in [0.3, 0.4) is 0 Å². The number of benzene rings is 1. The molecular formula is C29H37N5O3. The Morgan fingerprint density at radius 1 is 0.892 bits per heavy atom. The van der Waals surface area contributed by atoms with Crippen LogP contribution < -0.4 is 15.8 Å². The number of hydrogen-bond donors (Lipinski definition) is 3. The fourth-order valence-electron chi connectivity index (χ4n) is 7.22. The Balaban J connectivity index is 1.24. The van der Waals surface area contributed by atoms with Gasteiger partial charge >= 0.3 is 0 Å². The summed E-state index contributed by atoms with van der Waals surface area (Å²) < 4.78 is 0. The molecule has 2 saturated heterocycles. The highest BCUT2D eigenvalue weighted by atomic mass is 16.3. The number of piperidine rings is 1. The topological polar surface area (TPSA) is 101 Å². The molecule has 2 aromatic rings. The van der Waals surface area contributed by atoms with Crippen molar-refractivity contribution in [1.29, 1.82) is 0 Å². The lowest BCUT2D eigenvalue weighted by Crippen LogP contribution is -2.59. The molecule has 1 saturated carbocycles. The normalized spacial score (nSPS) is 28.7. The number of aliphatic hydroxyl groups is 1. The standard InChI is InChI=1S/C29H37N5O3/c35-26-15-12-19(18-30-26)31-28(36)27-29(37)34(25-11-7-6-10-24(25)32-27)23-16-21-13-14-22(17-23)33(21)20-8-4-2-1-3-5-9-20/h6-7,10-12,15,18,20-23,29,37H,1-5,8-9,13-14,16-17H2,(H,30,35)(H,31,36)/t21-,22?,23+,29?/m0/s1. The maximum Gasteiger partial charge on any atom is 0.274 e. The Kier molecular flexibility index (Phi) is 6.86. The highest BCUT2D eigenvalue weighted by Gasteiger charge is 2.47. The van der Waals surface area contributed by atoms with E-state index in [0.29, 0.717) is 29.5 Å². The zero-order valence-corrected chi connectivity index (χ0v) is 21.3. The first-order valence-corrected chi connectivity index (χ1v) is 14.0. The van der Waals surface area contributed by atoms with Crippen molar-refractivity contribution in [3.8, 4) is 0 Å². The van der Waals surface area contributed by atoms with Crippen molar-refractivity contribution >= 4 is 28.7 Å². The summed E-state index contributed by atoms with van der Waals surface area (Å²) in [5.74, 6) is -0.464. The molecule has 4 heterocycles. The molecule has 3 fully saturated rings. The number of pyridine rings is 1. The Labute approximate surface area is 217 Å². The van der Waals surface area contributed by atoms with Crippen LogP contribution in [-0.2, 0) is 4.79 Å². The van der Waals surface area contributed by atoms with Crippen molar-refractivity contribution in [2.24, 2.45) is 4.99 Å². The molecular weight excluding hydrogens is 466 g/mol.